The maximum absolute atomic E-state index is 12.3. The van der Waals surface area contributed by atoms with Crippen molar-refractivity contribution < 1.29 is 18.7 Å². The Balaban J connectivity index is 1.57. The molecule has 7 heteroatoms. The fourth-order valence-electron chi connectivity index (χ4n) is 3.16. The van der Waals surface area contributed by atoms with Crippen molar-refractivity contribution in [1.29, 1.82) is 0 Å². The van der Waals surface area contributed by atoms with E-state index in [-0.39, 0.29) is 5.91 Å². The number of nitrogens with one attached hydrogen (secondary N) is 1. The number of nitrogens with zero attached hydrogens (tertiary/aromatic N) is 1. The van der Waals surface area contributed by atoms with Crippen LogP contribution in [0.3, 0.4) is 0 Å². The Labute approximate surface area is 184 Å². The van der Waals surface area contributed by atoms with Gasteiger partial charge in [-0.3, -0.25) is 4.79 Å². The predicted molar refractivity (Wildman–Crippen MR) is 122 cm³/mol. The molecule has 1 aliphatic rings. The summed E-state index contributed by atoms with van der Waals surface area (Å²) in [6, 6.07) is 16.7. The molecule has 4 rings (SSSR count). The van der Waals surface area contributed by atoms with Gasteiger partial charge in [-0.05, 0) is 61.5 Å². The van der Waals surface area contributed by atoms with E-state index < -0.39 is 5.97 Å². The highest BCUT2D eigenvalue weighted by Gasteiger charge is 2.24. The summed E-state index contributed by atoms with van der Waals surface area (Å²) in [6.45, 7) is 3.85. The molecule has 1 saturated heterocycles. The minimum atomic E-state index is -0.396. The van der Waals surface area contributed by atoms with Crippen LogP contribution in [-0.4, -0.2) is 24.2 Å². The number of furan rings is 1. The van der Waals surface area contributed by atoms with Crippen LogP contribution in [0.15, 0.2) is 68.9 Å². The molecule has 0 saturated carbocycles. The number of methoxy groups -OCH3 is 1. The second-order valence-corrected chi connectivity index (χ2v) is 8.02. The van der Waals surface area contributed by atoms with E-state index in [4.69, 9.17) is 9.15 Å². The van der Waals surface area contributed by atoms with Gasteiger partial charge in [0, 0.05) is 11.6 Å². The summed E-state index contributed by atoms with van der Waals surface area (Å²) in [7, 11) is 1.35. The van der Waals surface area contributed by atoms with Gasteiger partial charge in [0.05, 0.1) is 23.3 Å². The van der Waals surface area contributed by atoms with Crippen molar-refractivity contribution in [2.24, 2.45) is 4.99 Å². The third-order valence-electron chi connectivity index (χ3n) is 4.82. The molecule has 1 amide bonds. The number of amides is 1. The number of thioether (sulfide) groups is 1. The molecule has 0 bridgehead atoms. The second kappa shape index (κ2) is 8.65. The van der Waals surface area contributed by atoms with Gasteiger partial charge in [0.1, 0.15) is 11.5 Å². The number of carbonyl (C=O) groups is 2. The number of ether oxygens (including phenoxy) is 1. The molecule has 0 radical (unpaired) electrons. The van der Waals surface area contributed by atoms with Gasteiger partial charge in [0.25, 0.3) is 5.91 Å². The molecule has 2 heterocycles. The van der Waals surface area contributed by atoms with E-state index in [0.717, 1.165) is 22.4 Å². The van der Waals surface area contributed by atoms with Crippen LogP contribution >= 0.6 is 11.8 Å². The summed E-state index contributed by atoms with van der Waals surface area (Å²) < 4.78 is 10.8. The van der Waals surface area contributed by atoms with Crippen molar-refractivity contribution in [2.75, 3.05) is 7.11 Å². The quantitative estimate of drug-likeness (QED) is 0.450. The number of rotatable bonds is 4. The Bertz CT molecular complexity index is 1220. The average molecular weight is 433 g/mol. The molecule has 6 nitrogen and oxygen atoms in total. The lowest BCUT2D eigenvalue weighted by molar-refractivity contribution is -0.115. The van der Waals surface area contributed by atoms with Crippen LogP contribution in [0, 0.1) is 13.8 Å². The zero-order valence-corrected chi connectivity index (χ0v) is 18.1. The Morgan fingerprint density at radius 2 is 1.87 bits per heavy atom. The molecule has 156 valence electrons. The van der Waals surface area contributed by atoms with E-state index in [1.54, 1.807) is 24.3 Å². The average Bonchev–Trinajstić information content (AvgIpc) is 3.36. The smallest absolute Gasteiger partial charge is 0.338 e. The monoisotopic (exact) mass is 432 g/mol. The van der Waals surface area contributed by atoms with Crippen LogP contribution in [0.4, 0.5) is 5.69 Å². The van der Waals surface area contributed by atoms with E-state index in [1.807, 2.05) is 50.2 Å². The first-order valence-electron chi connectivity index (χ1n) is 9.59. The highest BCUT2D eigenvalue weighted by Crippen LogP contribution is 2.32. The van der Waals surface area contributed by atoms with E-state index in [1.165, 1.54) is 18.9 Å². The van der Waals surface area contributed by atoms with Crippen LogP contribution in [0.2, 0.25) is 0 Å². The topological polar surface area (TPSA) is 80.9 Å². The zero-order valence-electron chi connectivity index (χ0n) is 17.3. The van der Waals surface area contributed by atoms with Crippen LogP contribution in [0.5, 0.6) is 0 Å². The normalized spacial score (nSPS) is 16.0. The molecule has 0 spiro atoms. The van der Waals surface area contributed by atoms with Gasteiger partial charge < -0.3 is 14.5 Å². The fraction of sp³-hybridized carbons (Fsp3) is 0.125. The molecule has 0 aliphatic carbocycles. The largest absolute Gasteiger partial charge is 0.465 e. The summed E-state index contributed by atoms with van der Waals surface area (Å²) >= 11 is 1.26. The van der Waals surface area contributed by atoms with Gasteiger partial charge in [0.2, 0.25) is 0 Å². The number of esters is 1. The van der Waals surface area contributed by atoms with Gasteiger partial charge in [0.15, 0.2) is 5.17 Å². The summed E-state index contributed by atoms with van der Waals surface area (Å²) in [4.78, 5) is 29.3. The summed E-state index contributed by atoms with van der Waals surface area (Å²) in [6.07, 6.45) is 1.68. The maximum Gasteiger partial charge on any atom is 0.338 e. The first kappa shape index (κ1) is 20.7. The SMILES string of the molecule is COC(=O)c1cccc(-c2ccc(/C=C3/SC(=Nc4ccc(C)cc4)NC3=O)o2)c1C. The summed E-state index contributed by atoms with van der Waals surface area (Å²) in [5.41, 5.74) is 3.96. The van der Waals surface area contributed by atoms with Gasteiger partial charge >= 0.3 is 5.97 Å². The van der Waals surface area contributed by atoms with E-state index in [2.05, 4.69) is 10.3 Å². The number of hydrogen-bond donors (Lipinski definition) is 1. The molecule has 31 heavy (non-hydrogen) atoms. The lowest BCUT2D eigenvalue weighted by Gasteiger charge is -2.07. The number of hydrogen-bond acceptors (Lipinski definition) is 6. The summed E-state index contributed by atoms with van der Waals surface area (Å²) in [5.74, 6) is 0.518. The standard InChI is InChI=1S/C24H20N2O4S/c1-14-7-9-16(10-8-14)25-24-26-22(27)21(31-24)13-17-11-12-20(30-17)18-5-4-6-19(15(18)2)23(28)29-3/h4-13H,1-3H3,(H,25,26,27)/b21-13+. The third-order valence-corrected chi connectivity index (χ3v) is 5.73. The van der Waals surface area contributed by atoms with E-state index >= 15 is 0 Å². The number of amidine groups is 1. The van der Waals surface area contributed by atoms with Crippen molar-refractivity contribution in [3.05, 3.63) is 82.0 Å². The minimum Gasteiger partial charge on any atom is -0.465 e. The number of aryl methyl sites for hydroxylation is 1. The fourth-order valence-corrected chi connectivity index (χ4v) is 3.98. The Morgan fingerprint density at radius 1 is 1.10 bits per heavy atom. The lowest BCUT2D eigenvalue weighted by Crippen LogP contribution is -2.19. The molecular formula is C24H20N2O4S. The molecule has 1 aromatic heterocycles. The molecule has 3 aromatic rings. The van der Waals surface area contributed by atoms with Gasteiger partial charge in [-0.1, -0.05) is 29.8 Å². The van der Waals surface area contributed by atoms with Crippen molar-refractivity contribution in [1.82, 2.24) is 5.32 Å². The van der Waals surface area contributed by atoms with Crippen molar-refractivity contribution in [2.45, 2.75) is 13.8 Å². The van der Waals surface area contributed by atoms with Crippen molar-refractivity contribution >= 4 is 40.6 Å². The minimum absolute atomic E-state index is 0.224. The predicted octanol–water partition coefficient (Wildman–Crippen LogP) is 5.24. The van der Waals surface area contributed by atoms with Crippen LogP contribution in [-0.2, 0) is 9.53 Å². The molecule has 0 atom stereocenters. The first-order chi connectivity index (χ1) is 14.9. The van der Waals surface area contributed by atoms with Crippen LogP contribution in [0.1, 0.15) is 27.2 Å². The molecule has 0 unspecified atom stereocenters. The Hall–Kier alpha value is -3.58. The van der Waals surface area contributed by atoms with Crippen molar-refractivity contribution in [3.8, 4) is 11.3 Å². The Kier molecular flexibility index (Phi) is 5.77. The molecule has 1 fully saturated rings. The first-order valence-corrected chi connectivity index (χ1v) is 10.4. The second-order valence-electron chi connectivity index (χ2n) is 6.99. The van der Waals surface area contributed by atoms with Crippen molar-refractivity contribution in [3.63, 3.8) is 0 Å². The molecular weight excluding hydrogens is 412 g/mol. The van der Waals surface area contributed by atoms with Crippen LogP contribution < -0.4 is 5.32 Å². The number of aliphatic imine (C=N–C) groups is 1. The third kappa shape index (κ3) is 4.46. The van der Waals surface area contributed by atoms with E-state index in [0.29, 0.717) is 27.2 Å². The lowest BCUT2D eigenvalue weighted by atomic mass is 10.0. The van der Waals surface area contributed by atoms with Gasteiger partial charge in [-0.15, -0.1) is 0 Å². The highest BCUT2D eigenvalue weighted by molar-refractivity contribution is 8.18. The van der Waals surface area contributed by atoms with Gasteiger partial charge in [-0.2, -0.15) is 0 Å². The zero-order chi connectivity index (χ0) is 22.0. The highest BCUT2D eigenvalue weighted by atomic mass is 32.2. The molecule has 1 N–H and O–H groups in total. The number of carbonyl (C=O) groups excluding carboxylic acids is 2. The Morgan fingerprint density at radius 3 is 2.61 bits per heavy atom. The van der Waals surface area contributed by atoms with Crippen LogP contribution in [0.25, 0.3) is 17.4 Å². The van der Waals surface area contributed by atoms with Gasteiger partial charge in [-0.25, -0.2) is 9.79 Å². The number of benzene rings is 2. The summed E-state index contributed by atoms with van der Waals surface area (Å²) in [5, 5.41) is 3.30. The molecule has 1 aliphatic heterocycles. The molecule has 2 aromatic carbocycles. The van der Waals surface area contributed by atoms with E-state index in [9.17, 15) is 9.59 Å². The maximum atomic E-state index is 12.3.